The zero-order valence-electron chi connectivity index (χ0n) is 5.39. The molecule has 50 valence electrons. The number of hydrogen-bond acceptors (Lipinski definition) is 2. The van der Waals surface area contributed by atoms with E-state index in [4.69, 9.17) is 11.5 Å². The molecule has 1 aromatic heterocycles. The molecule has 3 heteroatoms. The van der Waals surface area contributed by atoms with E-state index < -0.39 is 0 Å². The van der Waals surface area contributed by atoms with Crippen LogP contribution in [0.4, 0.5) is 5.69 Å². The normalized spacial score (nSPS) is 13.6. The summed E-state index contributed by atoms with van der Waals surface area (Å²) in [6.45, 7) is 1.91. The lowest BCUT2D eigenvalue weighted by Crippen LogP contribution is -2.04. The summed E-state index contributed by atoms with van der Waals surface area (Å²) in [7, 11) is 0. The SMILES string of the molecule is CC(N)c1cc(N)c[nH]1. The van der Waals surface area contributed by atoms with Crippen molar-refractivity contribution in [2.45, 2.75) is 13.0 Å². The molecule has 1 unspecified atom stereocenters. The Morgan fingerprint density at radius 1 is 1.67 bits per heavy atom. The fourth-order valence-electron chi connectivity index (χ4n) is 0.692. The van der Waals surface area contributed by atoms with Crippen molar-refractivity contribution < 1.29 is 0 Å². The molecule has 0 amide bonds. The summed E-state index contributed by atoms with van der Waals surface area (Å²) < 4.78 is 0. The molecule has 1 heterocycles. The van der Waals surface area contributed by atoms with Gasteiger partial charge in [0.25, 0.3) is 0 Å². The Bertz CT molecular complexity index is 190. The first-order chi connectivity index (χ1) is 4.20. The second kappa shape index (κ2) is 2.11. The lowest BCUT2D eigenvalue weighted by molar-refractivity contribution is 0.789. The zero-order valence-corrected chi connectivity index (χ0v) is 5.39. The van der Waals surface area contributed by atoms with Crippen molar-refractivity contribution in [1.82, 2.24) is 4.98 Å². The number of hydrogen-bond donors (Lipinski definition) is 3. The minimum atomic E-state index is 0.0438. The fraction of sp³-hybridized carbons (Fsp3) is 0.333. The van der Waals surface area contributed by atoms with Crippen LogP contribution in [0.15, 0.2) is 12.3 Å². The van der Waals surface area contributed by atoms with E-state index in [0.717, 1.165) is 11.4 Å². The summed E-state index contributed by atoms with van der Waals surface area (Å²) in [6, 6.07) is 1.88. The summed E-state index contributed by atoms with van der Waals surface area (Å²) in [5.74, 6) is 0. The molecule has 5 N–H and O–H groups in total. The van der Waals surface area contributed by atoms with E-state index >= 15 is 0 Å². The maximum atomic E-state index is 5.54. The van der Waals surface area contributed by atoms with Gasteiger partial charge in [0.2, 0.25) is 0 Å². The number of nitrogens with one attached hydrogen (secondary N) is 1. The molecule has 0 fully saturated rings. The van der Waals surface area contributed by atoms with E-state index in [2.05, 4.69) is 4.98 Å². The number of nitrogen functional groups attached to an aromatic ring is 1. The maximum absolute atomic E-state index is 5.54. The zero-order chi connectivity index (χ0) is 6.85. The Labute approximate surface area is 54.1 Å². The number of aromatic amines is 1. The van der Waals surface area contributed by atoms with Gasteiger partial charge in [0, 0.05) is 23.6 Å². The van der Waals surface area contributed by atoms with Gasteiger partial charge in [0.1, 0.15) is 0 Å². The molecular weight excluding hydrogens is 114 g/mol. The number of H-pyrrole nitrogens is 1. The highest BCUT2D eigenvalue weighted by Gasteiger charge is 1.98. The van der Waals surface area contributed by atoms with Crippen LogP contribution in [0.1, 0.15) is 18.7 Å². The third kappa shape index (κ3) is 1.23. The summed E-state index contributed by atoms with van der Waals surface area (Å²) in [5, 5.41) is 0. The van der Waals surface area contributed by atoms with E-state index in [9.17, 15) is 0 Å². The van der Waals surface area contributed by atoms with Crippen molar-refractivity contribution in [2.75, 3.05) is 5.73 Å². The first-order valence-corrected chi connectivity index (χ1v) is 2.89. The summed E-state index contributed by atoms with van der Waals surface area (Å²) >= 11 is 0. The number of rotatable bonds is 1. The average Bonchev–Trinajstić information content (AvgIpc) is 2.14. The summed E-state index contributed by atoms with van der Waals surface area (Å²) in [6.07, 6.45) is 1.73. The van der Waals surface area contributed by atoms with Crippen molar-refractivity contribution >= 4 is 5.69 Å². The Morgan fingerprint density at radius 3 is 2.56 bits per heavy atom. The van der Waals surface area contributed by atoms with Gasteiger partial charge < -0.3 is 16.5 Å². The smallest absolute Gasteiger partial charge is 0.0495 e. The molecule has 0 aliphatic heterocycles. The highest BCUT2D eigenvalue weighted by molar-refractivity contribution is 5.38. The van der Waals surface area contributed by atoms with Crippen LogP contribution in [0.2, 0.25) is 0 Å². The van der Waals surface area contributed by atoms with Crippen molar-refractivity contribution in [1.29, 1.82) is 0 Å². The van der Waals surface area contributed by atoms with E-state index in [1.165, 1.54) is 0 Å². The van der Waals surface area contributed by atoms with Crippen LogP contribution in [0.3, 0.4) is 0 Å². The molecule has 0 aliphatic carbocycles. The van der Waals surface area contributed by atoms with Crippen LogP contribution >= 0.6 is 0 Å². The quantitative estimate of drug-likeness (QED) is 0.515. The largest absolute Gasteiger partial charge is 0.397 e. The van der Waals surface area contributed by atoms with Crippen molar-refractivity contribution in [2.24, 2.45) is 5.73 Å². The molecule has 1 aromatic rings. The molecule has 0 aliphatic rings. The Kier molecular flexibility index (Phi) is 1.44. The number of aromatic nitrogens is 1. The van der Waals surface area contributed by atoms with Crippen molar-refractivity contribution in [3.8, 4) is 0 Å². The lowest BCUT2D eigenvalue weighted by atomic mass is 10.2. The molecule has 0 aromatic carbocycles. The van der Waals surface area contributed by atoms with Crippen LogP contribution in [0, 0.1) is 0 Å². The van der Waals surface area contributed by atoms with Gasteiger partial charge in [0.15, 0.2) is 0 Å². The van der Waals surface area contributed by atoms with Crippen LogP contribution in [-0.4, -0.2) is 4.98 Å². The summed E-state index contributed by atoms with van der Waals surface area (Å²) in [5.41, 5.74) is 12.7. The number of anilines is 1. The van der Waals surface area contributed by atoms with E-state index in [1.54, 1.807) is 6.20 Å². The van der Waals surface area contributed by atoms with Crippen LogP contribution in [0.25, 0.3) is 0 Å². The van der Waals surface area contributed by atoms with E-state index in [1.807, 2.05) is 13.0 Å². The molecule has 0 radical (unpaired) electrons. The predicted octanol–water partition coefficient (Wildman–Crippen LogP) is 0.617. The van der Waals surface area contributed by atoms with Gasteiger partial charge in [-0.05, 0) is 13.0 Å². The Morgan fingerprint density at radius 2 is 2.33 bits per heavy atom. The molecular formula is C6H11N3. The number of nitrogens with two attached hydrogens (primary N) is 2. The molecule has 0 saturated carbocycles. The van der Waals surface area contributed by atoms with Gasteiger partial charge in [-0.25, -0.2) is 0 Å². The lowest BCUT2D eigenvalue weighted by Gasteiger charge is -1.97. The van der Waals surface area contributed by atoms with Gasteiger partial charge in [-0.1, -0.05) is 0 Å². The Balaban J connectivity index is 2.85. The standard InChI is InChI=1S/C6H11N3/c1-4(7)6-2-5(8)3-9-6/h2-4,9H,7-8H2,1H3. The average molecular weight is 125 g/mol. The van der Waals surface area contributed by atoms with Gasteiger partial charge in [-0.3, -0.25) is 0 Å². The van der Waals surface area contributed by atoms with Gasteiger partial charge in [-0.2, -0.15) is 0 Å². The minimum absolute atomic E-state index is 0.0438. The fourth-order valence-corrected chi connectivity index (χ4v) is 0.692. The monoisotopic (exact) mass is 125 g/mol. The molecule has 0 saturated heterocycles. The third-order valence-electron chi connectivity index (χ3n) is 1.22. The van der Waals surface area contributed by atoms with Crippen LogP contribution < -0.4 is 11.5 Å². The van der Waals surface area contributed by atoms with Crippen LogP contribution in [-0.2, 0) is 0 Å². The topological polar surface area (TPSA) is 67.8 Å². The van der Waals surface area contributed by atoms with E-state index in [0.29, 0.717) is 0 Å². The van der Waals surface area contributed by atoms with Crippen molar-refractivity contribution in [3.05, 3.63) is 18.0 Å². The highest BCUT2D eigenvalue weighted by Crippen LogP contribution is 2.10. The molecule has 0 spiro atoms. The van der Waals surface area contributed by atoms with Crippen molar-refractivity contribution in [3.63, 3.8) is 0 Å². The molecule has 9 heavy (non-hydrogen) atoms. The Hall–Kier alpha value is -0.960. The second-order valence-electron chi connectivity index (χ2n) is 2.18. The molecule has 1 atom stereocenters. The van der Waals surface area contributed by atoms with Gasteiger partial charge in [-0.15, -0.1) is 0 Å². The third-order valence-corrected chi connectivity index (χ3v) is 1.22. The van der Waals surface area contributed by atoms with Crippen LogP contribution in [0.5, 0.6) is 0 Å². The first kappa shape index (κ1) is 6.16. The predicted molar refractivity (Wildman–Crippen MR) is 37.8 cm³/mol. The maximum Gasteiger partial charge on any atom is 0.0495 e. The summed E-state index contributed by atoms with van der Waals surface area (Å²) in [4.78, 5) is 2.95. The molecule has 1 rings (SSSR count). The highest BCUT2D eigenvalue weighted by atomic mass is 14.8. The molecule has 0 bridgehead atoms. The van der Waals surface area contributed by atoms with Gasteiger partial charge in [0.05, 0.1) is 0 Å². The van der Waals surface area contributed by atoms with Gasteiger partial charge >= 0.3 is 0 Å². The minimum Gasteiger partial charge on any atom is -0.397 e. The first-order valence-electron chi connectivity index (χ1n) is 2.89. The second-order valence-corrected chi connectivity index (χ2v) is 2.18. The van der Waals surface area contributed by atoms with E-state index in [-0.39, 0.29) is 6.04 Å². The molecule has 3 nitrogen and oxygen atoms in total.